The zero-order chi connectivity index (χ0) is 20.0. The lowest BCUT2D eigenvalue weighted by atomic mass is 10.3. The number of halogens is 2. The molecule has 0 aliphatic heterocycles. The number of aromatic amines is 1. The van der Waals surface area contributed by atoms with Gasteiger partial charge in [0.2, 0.25) is 0 Å². The summed E-state index contributed by atoms with van der Waals surface area (Å²) in [7, 11) is 0. The Labute approximate surface area is 162 Å². The summed E-state index contributed by atoms with van der Waals surface area (Å²) in [6.07, 6.45) is 4.07. The zero-order valence-corrected chi connectivity index (χ0v) is 15.1. The van der Waals surface area contributed by atoms with Crippen LogP contribution in [0.3, 0.4) is 0 Å². The molecule has 0 amide bonds. The predicted octanol–water partition coefficient (Wildman–Crippen LogP) is 3.54. The molecule has 0 spiro atoms. The highest BCUT2D eigenvalue weighted by atomic mass is 19.1. The molecule has 0 saturated carbocycles. The van der Waals surface area contributed by atoms with Gasteiger partial charge in [-0.1, -0.05) is 0 Å². The first-order chi connectivity index (χ1) is 14.1. The fourth-order valence-electron chi connectivity index (χ4n) is 3.24. The highest BCUT2D eigenvalue weighted by Crippen LogP contribution is 2.28. The molecular weight excluding hydrogens is 378 g/mol. The standard InChI is InChI=1S/C19H14F2N8/c1-10(27-18-16-17(24-8-23-16)25-9-26-18)19-28-13-4-2-11(20)6-14(13)29(19)15-5-3-12(21)7-22-15/h2-10H,1H3,(H2,23,24,25,26,27). The second kappa shape index (κ2) is 6.59. The Kier molecular flexibility index (Phi) is 3.90. The van der Waals surface area contributed by atoms with E-state index < -0.39 is 11.6 Å². The molecule has 1 atom stereocenters. The SMILES string of the molecule is CC(Nc1ncnc2[nH]cnc12)c1nc2ccc(F)cc2n1-c1ccc(F)cn1. The minimum atomic E-state index is -0.459. The molecular formula is C19H14F2N8. The molecule has 1 aromatic carbocycles. The quantitative estimate of drug-likeness (QED) is 0.486. The molecule has 0 bridgehead atoms. The van der Waals surface area contributed by atoms with Crippen molar-refractivity contribution in [2.24, 2.45) is 0 Å². The van der Waals surface area contributed by atoms with Crippen LogP contribution in [0.25, 0.3) is 28.0 Å². The van der Waals surface area contributed by atoms with Crippen LogP contribution < -0.4 is 5.32 Å². The maximum absolute atomic E-state index is 13.9. The van der Waals surface area contributed by atoms with Crippen molar-refractivity contribution < 1.29 is 8.78 Å². The van der Waals surface area contributed by atoms with Gasteiger partial charge in [0.1, 0.15) is 35.1 Å². The lowest BCUT2D eigenvalue weighted by Gasteiger charge is -2.16. The smallest absolute Gasteiger partial charge is 0.162 e. The van der Waals surface area contributed by atoms with Crippen LogP contribution in [0.5, 0.6) is 0 Å². The Morgan fingerprint density at radius 2 is 1.90 bits per heavy atom. The molecule has 5 aromatic rings. The van der Waals surface area contributed by atoms with Crippen molar-refractivity contribution in [1.29, 1.82) is 0 Å². The van der Waals surface area contributed by atoms with Gasteiger partial charge in [0.15, 0.2) is 11.5 Å². The van der Waals surface area contributed by atoms with Crippen molar-refractivity contribution in [2.45, 2.75) is 13.0 Å². The molecule has 4 aromatic heterocycles. The van der Waals surface area contributed by atoms with Gasteiger partial charge >= 0.3 is 0 Å². The Hall–Kier alpha value is -3.95. The monoisotopic (exact) mass is 392 g/mol. The minimum Gasteiger partial charge on any atom is -0.358 e. The van der Waals surface area contributed by atoms with E-state index in [1.807, 2.05) is 6.92 Å². The fraction of sp³-hybridized carbons (Fsp3) is 0.105. The topological polar surface area (TPSA) is 97.2 Å². The first-order valence-corrected chi connectivity index (χ1v) is 8.80. The Balaban J connectivity index is 1.64. The van der Waals surface area contributed by atoms with Crippen molar-refractivity contribution in [3.63, 3.8) is 0 Å². The van der Waals surface area contributed by atoms with Crippen LogP contribution in [0.15, 0.2) is 49.2 Å². The summed E-state index contributed by atoms with van der Waals surface area (Å²) in [6, 6.07) is 6.78. The molecule has 10 heteroatoms. The van der Waals surface area contributed by atoms with Crippen LogP contribution >= 0.6 is 0 Å². The Bertz CT molecular complexity index is 1330. The van der Waals surface area contributed by atoms with Crippen molar-refractivity contribution in [3.8, 4) is 5.82 Å². The number of rotatable bonds is 4. The van der Waals surface area contributed by atoms with E-state index >= 15 is 0 Å². The molecule has 5 rings (SSSR count). The lowest BCUT2D eigenvalue weighted by molar-refractivity contribution is 0.619. The average molecular weight is 392 g/mol. The summed E-state index contributed by atoms with van der Waals surface area (Å²) in [5.74, 6) is 0.657. The van der Waals surface area contributed by atoms with E-state index in [0.29, 0.717) is 39.7 Å². The largest absolute Gasteiger partial charge is 0.358 e. The van der Waals surface area contributed by atoms with E-state index in [2.05, 4.69) is 35.2 Å². The highest BCUT2D eigenvalue weighted by molar-refractivity contribution is 5.82. The number of hydrogen-bond acceptors (Lipinski definition) is 6. The Morgan fingerprint density at radius 1 is 1.03 bits per heavy atom. The van der Waals surface area contributed by atoms with Gasteiger partial charge in [-0.25, -0.2) is 33.7 Å². The van der Waals surface area contributed by atoms with Crippen LogP contribution in [0.1, 0.15) is 18.8 Å². The van der Waals surface area contributed by atoms with Gasteiger partial charge in [-0.3, -0.25) is 4.57 Å². The van der Waals surface area contributed by atoms with Crippen LogP contribution in [0, 0.1) is 11.6 Å². The number of benzene rings is 1. The minimum absolute atomic E-state index is 0.355. The summed E-state index contributed by atoms with van der Waals surface area (Å²) in [5.41, 5.74) is 2.31. The average Bonchev–Trinajstić information content (AvgIpc) is 3.34. The number of nitrogens with zero attached hydrogens (tertiary/aromatic N) is 6. The van der Waals surface area contributed by atoms with Gasteiger partial charge in [0.25, 0.3) is 0 Å². The normalized spacial score (nSPS) is 12.5. The van der Waals surface area contributed by atoms with Gasteiger partial charge in [-0.15, -0.1) is 0 Å². The number of anilines is 1. The van der Waals surface area contributed by atoms with E-state index in [4.69, 9.17) is 0 Å². The van der Waals surface area contributed by atoms with Crippen LogP contribution in [-0.4, -0.2) is 34.5 Å². The Morgan fingerprint density at radius 3 is 2.72 bits per heavy atom. The molecule has 0 fully saturated rings. The second-order valence-electron chi connectivity index (χ2n) is 6.46. The van der Waals surface area contributed by atoms with Crippen LogP contribution in [0.2, 0.25) is 0 Å². The molecule has 8 nitrogen and oxygen atoms in total. The van der Waals surface area contributed by atoms with Crippen molar-refractivity contribution in [2.75, 3.05) is 5.32 Å². The van der Waals surface area contributed by atoms with E-state index in [-0.39, 0.29) is 6.04 Å². The van der Waals surface area contributed by atoms with E-state index in [1.54, 1.807) is 10.6 Å². The van der Waals surface area contributed by atoms with Gasteiger partial charge in [-0.2, -0.15) is 0 Å². The van der Waals surface area contributed by atoms with Gasteiger partial charge in [0, 0.05) is 6.07 Å². The van der Waals surface area contributed by atoms with Crippen molar-refractivity contribution >= 4 is 28.0 Å². The lowest BCUT2D eigenvalue weighted by Crippen LogP contribution is -2.15. The number of fused-ring (bicyclic) bond motifs is 2. The second-order valence-corrected chi connectivity index (χ2v) is 6.46. The van der Waals surface area contributed by atoms with Crippen molar-refractivity contribution in [3.05, 3.63) is 66.6 Å². The van der Waals surface area contributed by atoms with Gasteiger partial charge < -0.3 is 10.3 Å². The summed E-state index contributed by atoms with van der Waals surface area (Å²) < 4.78 is 29.0. The summed E-state index contributed by atoms with van der Waals surface area (Å²) in [4.78, 5) is 24.3. The van der Waals surface area contributed by atoms with Gasteiger partial charge in [-0.05, 0) is 31.2 Å². The highest BCUT2D eigenvalue weighted by Gasteiger charge is 2.20. The molecule has 0 radical (unpaired) electrons. The molecule has 0 aliphatic rings. The zero-order valence-electron chi connectivity index (χ0n) is 15.1. The first kappa shape index (κ1) is 17.2. The number of H-pyrrole nitrogens is 1. The van der Waals surface area contributed by atoms with E-state index in [9.17, 15) is 8.78 Å². The van der Waals surface area contributed by atoms with E-state index in [1.165, 1.54) is 36.9 Å². The summed E-state index contributed by atoms with van der Waals surface area (Å²) in [6.45, 7) is 1.89. The van der Waals surface area contributed by atoms with Crippen molar-refractivity contribution in [1.82, 2.24) is 34.5 Å². The number of imidazole rings is 2. The molecule has 1 unspecified atom stereocenters. The molecule has 0 aliphatic carbocycles. The summed E-state index contributed by atoms with van der Waals surface area (Å²) in [5, 5.41) is 3.27. The van der Waals surface area contributed by atoms with Crippen LogP contribution in [0.4, 0.5) is 14.6 Å². The third-order valence-corrected chi connectivity index (χ3v) is 4.54. The fourth-order valence-corrected chi connectivity index (χ4v) is 3.24. The first-order valence-electron chi connectivity index (χ1n) is 8.80. The predicted molar refractivity (Wildman–Crippen MR) is 103 cm³/mol. The number of pyridine rings is 1. The van der Waals surface area contributed by atoms with E-state index in [0.717, 1.165) is 6.20 Å². The number of nitrogens with one attached hydrogen (secondary N) is 2. The molecule has 4 heterocycles. The molecule has 29 heavy (non-hydrogen) atoms. The maximum Gasteiger partial charge on any atom is 0.162 e. The summed E-state index contributed by atoms with van der Waals surface area (Å²) >= 11 is 0. The maximum atomic E-state index is 13.9. The van der Waals surface area contributed by atoms with Crippen LogP contribution in [-0.2, 0) is 0 Å². The number of hydrogen-bond donors (Lipinski definition) is 2. The number of aromatic nitrogens is 7. The van der Waals surface area contributed by atoms with Gasteiger partial charge in [0.05, 0.1) is 29.6 Å². The molecule has 2 N–H and O–H groups in total. The third-order valence-electron chi connectivity index (χ3n) is 4.54. The molecule has 144 valence electrons. The molecule has 0 saturated heterocycles. The third kappa shape index (κ3) is 2.94.